The number of hydrogen-bond donors (Lipinski definition) is 2. The number of nitrogens with one attached hydrogen (secondary N) is 1. The SMILES string of the molecule is OCCCN1C(=S)N[C@@H](c2ccccn2)[C@@H]1c1cccn1-c1ccc(Cl)cn1. The molecule has 1 aliphatic rings. The topological polar surface area (TPSA) is 66.2 Å². The summed E-state index contributed by atoms with van der Waals surface area (Å²) in [5.74, 6) is 0.782. The van der Waals surface area contributed by atoms with Crippen LogP contribution in [0.15, 0.2) is 61.1 Å². The fourth-order valence-electron chi connectivity index (χ4n) is 3.56. The minimum absolute atomic E-state index is 0.0820. The maximum atomic E-state index is 9.34. The van der Waals surface area contributed by atoms with Crippen LogP contribution in [0.4, 0.5) is 0 Å². The highest BCUT2D eigenvalue weighted by Gasteiger charge is 2.40. The minimum Gasteiger partial charge on any atom is -0.396 e. The third-order valence-electron chi connectivity index (χ3n) is 4.80. The van der Waals surface area contributed by atoms with Crippen LogP contribution < -0.4 is 5.32 Å². The molecule has 0 aromatic carbocycles. The van der Waals surface area contributed by atoms with Crippen molar-refractivity contribution in [2.75, 3.05) is 13.2 Å². The Morgan fingerprint density at radius 2 is 2.04 bits per heavy atom. The smallest absolute Gasteiger partial charge is 0.170 e. The molecule has 0 radical (unpaired) electrons. The Bertz CT molecular complexity index is 947. The summed E-state index contributed by atoms with van der Waals surface area (Å²) in [6.45, 7) is 0.759. The molecule has 0 unspecified atom stereocenters. The molecule has 0 aliphatic carbocycles. The van der Waals surface area contributed by atoms with Gasteiger partial charge in [-0.1, -0.05) is 17.7 Å². The summed E-state index contributed by atoms with van der Waals surface area (Å²) in [4.78, 5) is 11.1. The van der Waals surface area contributed by atoms with Crippen molar-refractivity contribution in [3.8, 4) is 5.82 Å². The summed E-state index contributed by atoms with van der Waals surface area (Å²) in [7, 11) is 0. The number of nitrogens with zero attached hydrogens (tertiary/aromatic N) is 4. The van der Waals surface area contributed by atoms with Crippen LogP contribution >= 0.6 is 23.8 Å². The molecule has 6 nitrogen and oxygen atoms in total. The van der Waals surface area contributed by atoms with Gasteiger partial charge in [-0.2, -0.15) is 0 Å². The second-order valence-corrected chi connectivity index (χ2v) is 7.36. The Morgan fingerprint density at radius 1 is 1.14 bits per heavy atom. The van der Waals surface area contributed by atoms with Gasteiger partial charge < -0.3 is 19.9 Å². The zero-order valence-corrected chi connectivity index (χ0v) is 16.6. The van der Waals surface area contributed by atoms with E-state index in [9.17, 15) is 5.11 Å². The average molecular weight is 414 g/mol. The van der Waals surface area contributed by atoms with E-state index in [0.717, 1.165) is 17.2 Å². The molecule has 28 heavy (non-hydrogen) atoms. The van der Waals surface area contributed by atoms with Gasteiger partial charge in [0.1, 0.15) is 5.82 Å². The lowest BCUT2D eigenvalue weighted by molar-refractivity contribution is 0.244. The fourth-order valence-corrected chi connectivity index (χ4v) is 4.01. The molecule has 0 saturated carbocycles. The highest BCUT2D eigenvalue weighted by atomic mass is 35.5. The number of thiocarbonyl (C=S) groups is 1. The second-order valence-electron chi connectivity index (χ2n) is 6.53. The first kappa shape index (κ1) is 18.9. The number of aliphatic hydroxyl groups is 1. The fraction of sp³-hybridized carbons (Fsp3) is 0.250. The van der Waals surface area contributed by atoms with Crippen LogP contribution in [0, 0.1) is 0 Å². The molecule has 1 fully saturated rings. The average Bonchev–Trinajstić information content (AvgIpc) is 3.32. The van der Waals surface area contributed by atoms with Gasteiger partial charge in [-0.25, -0.2) is 4.98 Å². The standard InChI is InChI=1S/C20H20ClN5OS/c21-14-7-8-17(23-13-14)25-10-3-6-16(25)19-18(15-5-1-2-9-22-15)24-20(28)26(19)11-4-12-27/h1-3,5-10,13,18-19,27H,4,11-12H2,(H,24,28)/t18-,19-/m0/s1. The first-order chi connectivity index (χ1) is 13.7. The van der Waals surface area contributed by atoms with Crippen LogP contribution in [0.2, 0.25) is 5.02 Å². The third kappa shape index (κ3) is 3.61. The molecule has 4 heterocycles. The van der Waals surface area contributed by atoms with Crippen molar-refractivity contribution in [3.05, 3.63) is 77.5 Å². The summed E-state index contributed by atoms with van der Waals surface area (Å²) in [6.07, 6.45) is 6.03. The van der Waals surface area contributed by atoms with Crippen molar-refractivity contribution in [2.45, 2.75) is 18.5 Å². The molecule has 3 aromatic heterocycles. The molecular formula is C20H20ClN5OS. The summed E-state index contributed by atoms with van der Waals surface area (Å²) in [5.41, 5.74) is 1.95. The van der Waals surface area contributed by atoms with E-state index >= 15 is 0 Å². The van der Waals surface area contributed by atoms with Crippen LogP contribution in [0.5, 0.6) is 0 Å². The number of halogens is 1. The number of pyridine rings is 2. The Morgan fingerprint density at radius 3 is 2.75 bits per heavy atom. The van der Waals surface area contributed by atoms with Crippen molar-refractivity contribution in [1.29, 1.82) is 0 Å². The van der Waals surface area contributed by atoms with E-state index < -0.39 is 0 Å². The zero-order chi connectivity index (χ0) is 19.5. The molecule has 1 aliphatic heterocycles. The van der Waals surface area contributed by atoms with Gasteiger partial charge in [0.15, 0.2) is 5.11 Å². The molecule has 0 bridgehead atoms. The Kier molecular flexibility index (Phi) is 5.57. The van der Waals surface area contributed by atoms with Crippen LogP contribution in [-0.2, 0) is 0 Å². The first-order valence-electron chi connectivity index (χ1n) is 9.07. The molecule has 8 heteroatoms. The molecule has 2 atom stereocenters. The predicted molar refractivity (Wildman–Crippen MR) is 112 cm³/mol. The maximum Gasteiger partial charge on any atom is 0.170 e. The van der Waals surface area contributed by atoms with Crippen LogP contribution in [0.1, 0.15) is 29.9 Å². The van der Waals surface area contributed by atoms with Gasteiger partial charge in [0.2, 0.25) is 0 Å². The molecule has 2 N–H and O–H groups in total. The van der Waals surface area contributed by atoms with Gasteiger partial charge in [-0.05, 0) is 55.0 Å². The molecule has 0 amide bonds. The van der Waals surface area contributed by atoms with E-state index in [-0.39, 0.29) is 18.7 Å². The lowest BCUT2D eigenvalue weighted by Crippen LogP contribution is -2.31. The highest BCUT2D eigenvalue weighted by Crippen LogP contribution is 2.39. The molecule has 0 spiro atoms. The maximum absolute atomic E-state index is 9.34. The Balaban J connectivity index is 1.78. The second kappa shape index (κ2) is 8.26. The third-order valence-corrected chi connectivity index (χ3v) is 5.37. The van der Waals surface area contributed by atoms with Crippen LogP contribution in [0.25, 0.3) is 5.82 Å². The van der Waals surface area contributed by atoms with E-state index in [0.29, 0.717) is 23.1 Å². The van der Waals surface area contributed by atoms with Crippen molar-refractivity contribution < 1.29 is 5.11 Å². The van der Waals surface area contributed by atoms with Crippen molar-refractivity contribution >= 4 is 28.9 Å². The largest absolute Gasteiger partial charge is 0.396 e. The molecule has 144 valence electrons. The van der Waals surface area contributed by atoms with Gasteiger partial charge in [0.25, 0.3) is 0 Å². The first-order valence-corrected chi connectivity index (χ1v) is 9.86. The predicted octanol–water partition coefficient (Wildman–Crippen LogP) is 3.28. The van der Waals surface area contributed by atoms with E-state index in [1.54, 1.807) is 12.4 Å². The summed E-state index contributed by atoms with van der Waals surface area (Å²) in [5, 5.41) is 14.0. The zero-order valence-electron chi connectivity index (χ0n) is 15.1. The normalized spacial score (nSPS) is 19.1. The number of aromatic nitrogens is 3. The van der Waals surface area contributed by atoms with Gasteiger partial charge >= 0.3 is 0 Å². The number of hydrogen-bond acceptors (Lipinski definition) is 4. The monoisotopic (exact) mass is 413 g/mol. The highest BCUT2D eigenvalue weighted by molar-refractivity contribution is 7.80. The number of aliphatic hydroxyl groups excluding tert-OH is 1. The molecular weight excluding hydrogens is 394 g/mol. The van der Waals surface area contributed by atoms with Gasteiger partial charge in [0.05, 0.1) is 22.8 Å². The molecule has 3 aromatic rings. The van der Waals surface area contributed by atoms with Crippen molar-refractivity contribution in [3.63, 3.8) is 0 Å². The summed E-state index contributed by atoms with van der Waals surface area (Å²) < 4.78 is 2.04. The van der Waals surface area contributed by atoms with Crippen molar-refractivity contribution in [2.24, 2.45) is 0 Å². The van der Waals surface area contributed by atoms with Crippen molar-refractivity contribution in [1.82, 2.24) is 24.8 Å². The molecule has 4 rings (SSSR count). The van der Waals surface area contributed by atoms with Gasteiger partial charge in [-0.15, -0.1) is 0 Å². The van der Waals surface area contributed by atoms with Gasteiger partial charge in [0, 0.05) is 37.4 Å². The Labute approximate surface area is 173 Å². The van der Waals surface area contributed by atoms with E-state index in [2.05, 4.69) is 26.3 Å². The van der Waals surface area contributed by atoms with E-state index in [1.165, 1.54) is 0 Å². The minimum atomic E-state index is -0.103. The molecule has 1 saturated heterocycles. The number of rotatable bonds is 6. The van der Waals surface area contributed by atoms with E-state index in [4.69, 9.17) is 23.8 Å². The van der Waals surface area contributed by atoms with E-state index in [1.807, 2.05) is 47.2 Å². The lowest BCUT2D eigenvalue weighted by atomic mass is 10.0. The Hall–Kier alpha value is -2.48. The van der Waals surface area contributed by atoms with Gasteiger partial charge in [-0.3, -0.25) is 4.98 Å². The summed E-state index contributed by atoms with van der Waals surface area (Å²) in [6, 6.07) is 13.5. The summed E-state index contributed by atoms with van der Waals surface area (Å²) >= 11 is 11.6. The quantitative estimate of drug-likeness (QED) is 0.604. The van der Waals surface area contributed by atoms with Crippen LogP contribution in [0.3, 0.4) is 0 Å². The lowest BCUT2D eigenvalue weighted by Gasteiger charge is -2.28. The van der Waals surface area contributed by atoms with Crippen LogP contribution in [-0.4, -0.2) is 42.8 Å².